The summed E-state index contributed by atoms with van der Waals surface area (Å²) < 4.78 is 14.4. The lowest BCUT2D eigenvalue weighted by Crippen LogP contribution is -2.34. The molecule has 2 rings (SSSR count). The highest BCUT2D eigenvalue weighted by atomic mass is 127. The van der Waals surface area contributed by atoms with Crippen LogP contribution in [0, 0.1) is 9.39 Å². The molecule has 15 heavy (non-hydrogen) atoms. The number of anilines is 1. The van der Waals surface area contributed by atoms with Crippen molar-refractivity contribution < 1.29 is 9.18 Å². The van der Waals surface area contributed by atoms with E-state index in [-0.39, 0.29) is 11.7 Å². The Morgan fingerprint density at radius 1 is 1.53 bits per heavy atom. The zero-order valence-corrected chi connectivity index (χ0v) is 10.1. The van der Waals surface area contributed by atoms with Crippen LogP contribution in [-0.4, -0.2) is 18.5 Å². The van der Waals surface area contributed by atoms with E-state index in [1.807, 2.05) is 22.6 Å². The second-order valence-electron chi connectivity index (χ2n) is 3.48. The molecular formula is C10H10FIN2O. The van der Waals surface area contributed by atoms with E-state index in [1.54, 1.807) is 12.1 Å². The number of nitrogens with two attached hydrogens (primary N) is 1. The van der Waals surface area contributed by atoms with Gasteiger partial charge in [-0.15, -0.1) is 0 Å². The Morgan fingerprint density at radius 3 is 2.80 bits per heavy atom. The molecule has 1 aliphatic rings. The van der Waals surface area contributed by atoms with E-state index in [0.29, 0.717) is 18.7 Å². The molecule has 0 unspecified atom stereocenters. The van der Waals surface area contributed by atoms with Gasteiger partial charge in [-0.1, -0.05) is 0 Å². The van der Waals surface area contributed by atoms with Gasteiger partial charge in [0.1, 0.15) is 5.82 Å². The van der Waals surface area contributed by atoms with Crippen LogP contribution in [0.15, 0.2) is 18.2 Å². The molecule has 1 saturated heterocycles. The highest BCUT2D eigenvalue weighted by molar-refractivity contribution is 14.1. The third-order valence-corrected chi connectivity index (χ3v) is 3.12. The third kappa shape index (κ3) is 1.98. The van der Waals surface area contributed by atoms with Gasteiger partial charge in [-0.2, -0.15) is 0 Å². The Kier molecular flexibility index (Phi) is 2.92. The second-order valence-corrected chi connectivity index (χ2v) is 4.73. The predicted octanol–water partition coefficient (Wildman–Crippen LogP) is 1.49. The van der Waals surface area contributed by atoms with Crippen molar-refractivity contribution in [3.63, 3.8) is 0 Å². The first kappa shape index (κ1) is 10.8. The van der Waals surface area contributed by atoms with Gasteiger partial charge in [0.25, 0.3) is 0 Å². The Balaban J connectivity index is 2.34. The second kappa shape index (κ2) is 4.05. The van der Waals surface area contributed by atoms with Gasteiger partial charge in [0.15, 0.2) is 0 Å². The number of hydrogen-bond donors (Lipinski definition) is 1. The van der Waals surface area contributed by atoms with Crippen LogP contribution in [0.1, 0.15) is 6.42 Å². The zero-order valence-electron chi connectivity index (χ0n) is 7.91. The minimum Gasteiger partial charge on any atom is -0.320 e. The van der Waals surface area contributed by atoms with E-state index < -0.39 is 6.04 Å². The van der Waals surface area contributed by atoms with Crippen molar-refractivity contribution in [1.29, 1.82) is 0 Å². The predicted molar refractivity (Wildman–Crippen MR) is 64.1 cm³/mol. The Morgan fingerprint density at radius 2 is 2.27 bits per heavy atom. The summed E-state index contributed by atoms with van der Waals surface area (Å²) in [6.45, 7) is 0.498. The maximum absolute atomic E-state index is 13.6. The molecular weight excluding hydrogens is 310 g/mol. The Hall–Kier alpha value is -0.690. The summed E-state index contributed by atoms with van der Waals surface area (Å²) in [6, 6.07) is 4.32. The fourth-order valence-electron chi connectivity index (χ4n) is 1.64. The monoisotopic (exact) mass is 320 g/mol. The highest BCUT2D eigenvalue weighted by Gasteiger charge is 2.30. The number of nitrogens with zero attached hydrogens (tertiary/aromatic N) is 1. The fourth-order valence-corrected chi connectivity index (χ4v) is 2.09. The van der Waals surface area contributed by atoms with Gasteiger partial charge in [0.2, 0.25) is 5.91 Å². The Bertz CT molecular complexity index is 410. The summed E-state index contributed by atoms with van der Waals surface area (Å²) in [7, 11) is 0. The van der Waals surface area contributed by atoms with E-state index in [4.69, 9.17) is 5.73 Å². The number of carbonyl (C=O) groups is 1. The van der Waals surface area contributed by atoms with Crippen LogP contribution in [0.3, 0.4) is 0 Å². The first-order valence-electron chi connectivity index (χ1n) is 4.61. The summed E-state index contributed by atoms with van der Waals surface area (Å²) in [6.07, 6.45) is 0.588. The molecule has 0 bridgehead atoms. The number of halogens is 2. The first-order chi connectivity index (χ1) is 7.09. The first-order valence-corrected chi connectivity index (χ1v) is 5.69. The third-order valence-electron chi connectivity index (χ3n) is 2.45. The normalized spacial score (nSPS) is 21.1. The number of hydrogen-bond acceptors (Lipinski definition) is 2. The molecule has 0 aromatic heterocycles. The van der Waals surface area contributed by atoms with Crippen LogP contribution in [0.2, 0.25) is 0 Å². The summed E-state index contributed by atoms with van der Waals surface area (Å²) in [4.78, 5) is 13.0. The van der Waals surface area contributed by atoms with Crippen molar-refractivity contribution in [2.75, 3.05) is 11.4 Å². The van der Waals surface area contributed by atoms with Crippen molar-refractivity contribution in [2.24, 2.45) is 5.73 Å². The molecule has 1 fully saturated rings. The van der Waals surface area contributed by atoms with Crippen LogP contribution >= 0.6 is 22.6 Å². The summed E-state index contributed by atoms with van der Waals surface area (Å²) in [5.74, 6) is -0.570. The quantitative estimate of drug-likeness (QED) is 0.797. The lowest BCUT2D eigenvalue weighted by Gasteiger charge is -2.16. The van der Waals surface area contributed by atoms with Crippen molar-refractivity contribution in [3.8, 4) is 0 Å². The Labute approximate surface area is 101 Å². The zero-order chi connectivity index (χ0) is 11.0. The largest absolute Gasteiger partial charge is 0.320 e. The van der Waals surface area contributed by atoms with Crippen LogP contribution in [0.4, 0.5) is 10.1 Å². The minimum atomic E-state index is -0.483. The molecule has 0 radical (unpaired) electrons. The summed E-state index contributed by atoms with van der Waals surface area (Å²) >= 11 is 2.03. The van der Waals surface area contributed by atoms with Gasteiger partial charge in [0.05, 0.1) is 11.7 Å². The molecule has 5 heteroatoms. The molecule has 0 spiro atoms. The molecule has 2 N–H and O–H groups in total. The molecule has 3 nitrogen and oxygen atoms in total. The number of rotatable bonds is 1. The topological polar surface area (TPSA) is 46.3 Å². The summed E-state index contributed by atoms with van der Waals surface area (Å²) in [5, 5.41) is 0. The smallest absolute Gasteiger partial charge is 0.244 e. The lowest BCUT2D eigenvalue weighted by molar-refractivity contribution is -0.118. The standard InChI is InChI=1S/C10H10FIN2O/c11-7-5-6(12)1-2-9(7)14-4-3-8(13)10(14)15/h1-2,5,8H,3-4,13H2/t8-/m0/s1. The van der Waals surface area contributed by atoms with Gasteiger partial charge in [-0.3, -0.25) is 4.79 Å². The molecule has 1 amide bonds. The van der Waals surface area contributed by atoms with Gasteiger partial charge >= 0.3 is 0 Å². The molecule has 1 aromatic rings. The molecule has 1 aliphatic heterocycles. The van der Waals surface area contributed by atoms with E-state index >= 15 is 0 Å². The van der Waals surface area contributed by atoms with Gasteiger partial charge in [0, 0.05) is 10.1 Å². The summed E-state index contributed by atoms with van der Waals surface area (Å²) in [5.41, 5.74) is 5.90. The number of carbonyl (C=O) groups excluding carboxylic acids is 1. The van der Waals surface area contributed by atoms with E-state index in [2.05, 4.69) is 0 Å². The lowest BCUT2D eigenvalue weighted by atomic mass is 10.2. The van der Waals surface area contributed by atoms with E-state index in [9.17, 15) is 9.18 Å². The number of benzene rings is 1. The average Bonchev–Trinajstić information content (AvgIpc) is 2.49. The van der Waals surface area contributed by atoms with E-state index in [0.717, 1.165) is 3.57 Å². The van der Waals surface area contributed by atoms with Crippen molar-refractivity contribution in [2.45, 2.75) is 12.5 Å². The maximum Gasteiger partial charge on any atom is 0.244 e. The molecule has 1 aromatic carbocycles. The van der Waals surface area contributed by atoms with Crippen molar-refractivity contribution >= 4 is 34.2 Å². The maximum atomic E-state index is 13.6. The SMILES string of the molecule is N[C@H]1CCN(c2ccc(I)cc2F)C1=O. The molecule has 80 valence electrons. The van der Waals surface area contributed by atoms with Crippen molar-refractivity contribution in [1.82, 2.24) is 0 Å². The van der Waals surface area contributed by atoms with Gasteiger partial charge in [-0.25, -0.2) is 4.39 Å². The van der Waals surface area contributed by atoms with Gasteiger partial charge < -0.3 is 10.6 Å². The van der Waals surface area contributed by atoms with Gasteiger partial charge in [-0.05, 0) is 47.2 Å². The molecule has 0 saturated carbocycles. The highest BCUT2D eigenvalue weighted by Crippen LogP contribution is 2.25. The van der Waals surface area contributed by atoms with Crippen LogP contribution in [-0.2, 0) is 4.79 Å². The number of amides is 1. The van der Waals surface area contributed by atoms with Crippen molar-refractivity contribution in [3.05, 3.63) is 27.6 Å². The molecule has 0 aliphatic carbocycles. The average molecular weight is 320 g/mol. The molecule has 1 heterocycles. The minimum absolute atomic E-state index is 0.199. The fraction of sp³-hybridized carbons (Fsp3) is 0.300. The van der Waals surface area contributed by atoms with E-state index in [1.165, 1.54) is 11.0 Å². The van der Waals surface area contributed by atoms with Crippen LogP contribution in [0.25, 0.3) is 0 Å². The molecule has 1 atom stereocenters. The van der Waals surface area contributed by atoms with Crippen LogP contribution < -0.4 is 10.6 Å². The van der Waals surface area contributed by atoms with Crippen LogP contribution in [0.5, 0.6) is 0 Å².